The molecule has 0 bridgehead atoms. The highest BCUT2D eigenvalue weighted by Gasteiger charge is 2.17. The summed E-state index contributed by atoms with van der Waals surface area (Å²) in [6, 6.07) is 1.77. The van der Waals surface area contributed by atoms with Gasteiger partial charge in [0.2, 0.25) is 5.82 Å². The Hall–Kier alpha value is -1.44. The minimum atomic E-state index is -0.304. The lowest BCUT2D eigenvalue weighted by Gasteiger charge is -2.14. The summed E-state index contributed by atoms with van der Waals surface area (Å²) in [6.45, 7) is 4.40. The number of carbonyl (C=O) groups excluding carboxylic acids is 1. The van der Waals surface area contributed by atoms with E-state index in [2.05, 4.69) is 27.3 Å². The molecule has 22 heavy (non-hydrogen) atoms. The largest absolute Gasteiger partial charge is 0.345 e. The third-order valence-corrected chi connectivity index (χ3v) is 3.16. The van der Waals surface area contributed by atoms with E-state index in [1.807, 2.05) is 13.0 Å². The molecule has 1 amide bonds. The molecule has 1 atom stereocenters. The molecular formula is C13H22Cl2N6O. The summed E-state index contributed by atoms with van der Waals surface area (Å²) in [6.07, 6.45) is 4.61. The molecule has 2 aromatic rings. The minimum Gasteiger partial charge on any atom is -0.345 e. The SMILES string of the molecule is CCCCC(CN)NC(=O)c1nc2nccc(C)n2n1.Cl.Cl. The zero-order chi connectivity index (χ0) is 14.5. The van der Waals surface area contributed by atoms with Crippen LogP contribution in [0.3, 0.4) is 0 Å². The van der Waals surface area contributed by atoms with Crippen LogP contribution in [-0.4, -0.2) is 38.1 Å². The molecule has 0 aromatic carbocycles. The number of rotatable bonds is 6. The fourth-order valence-corrected chi connectivity index (χ4v) is 1.95. The van der Waals surface area contributed by atoms with E-state index in [1.165, 1.54) is 0 Å². The van der Waals surface area contributed by atoms with Gasteiger partial charge in [0.25, 0.3) is 11.7 Å². The second-order valence-corrected chi connectivity index (χ2v) is 4.78. The fourth-order valence-electron chi connectivity index (χ4n) is 1.95. The van der Waals surface area contributed by atoms with Crippen molar-refractivity contribution in [3.8, 4) is 0 Å². The van der Waals surface area contributed by atoms with Crippen LogP contribution >= 0.6 is 24.8 Å². The number of hydrogen-bond acceptors (Lipinski definition) is 5. The van der Waals surface area contributed by atoms with Crippen molar-refractivity contribution in [1.29, 1.82) is 0 Å². The number of aromatic nitrogens is 4. The van der Waals surface area contributed by atoms with Gasteiger partial charge in [0.05, 0.1) is 0 Å². The fraction of sp³-hybridized carbons (Fsp3) is 0.538. The Kier molecular flexibility index (Phi) is 8.93. The van der Waals surface area contributed by atoms with Crippen molar-refractivity contribution in [3.63, 3.8) is 0 Å². The van der Waals surface area contributed by atoms with Crippen LogP contribution in [0, 0.1) is 6.92 Å². The number of halogens is 2. The summed E-state index contributed by atoms with van der Waals surface area (Å²) < 4.78 is 1.55. The molecule has 2 aromatic heterocycles. The lowest BCUT2D eigenvalue weighted by molar-refractivity contribution is 0.0925. The topological polar surface area (TPSA) is 98.2 Å². The molecule has 0 saturated carbocycles. The van der Waals surface area contributed by atoms with Crippen LogP contribution in [0.25, 0.3) is 5.78 Å². The van der Waals surface area contributed by atoms with Crippen LogP contribution in [0.4, 0.5) is 0 Å². The molecule has 0 saturated heterocycles. The number of fused-ring (bicyclic) bond motifs is 1. The Morgan fingerprint density at radius 1 is 1.45 bits per heavy atom. The van der Waals surface area contributed by atoms with Gasteiger partial charge in [0.15, 0.2) is 0 Å². The van der Waals surface area contributed by atoms with Crippen molar-refractivity contribution in [3.05, 3.63) is 23.8 Å². The van der Waals surface area contributed by atoms with Gasteiger partial charge in [-0.25, -0.2) is 9.50 Å². The quantitative estimate of drug-likeness (QED) is 0.824. The Morgan fingerprint density at radius 2 is 2.18 bits per heavy atom. The molecule has 7 nitrogen and oxygen atoms in total. The first-order valence-electron chi connectivity index (χ1n) is 6.85. The standard InChI is InChI=1S/C13H20N6O.2ClH/c1-3-4-5-10(8-14)16-12(20)11-17-13-15-7-6-9(2)19(13)18-11;;/h6-7,10H,3-5,8,14H2,1-2H3,(H,16,20);2*1H. The average Bonchev–Trinajstić information content (AvgIpc) is 2.89. The van der Waals surface area contributed by atoms with E-state index in [0.717, 1.165) is 25.0 Å². The Bertz CT molecular complexity index is 603. The van der Waals surface area contributed by atoms with E-state index >= 15 is 0 Å². The molecule has 0 aliphatic rings. The second-order valence-electron chi connectivity index (χ2n) is 4.78. The van der Waals surface area contributed by atoms with E-state index < -0.39 is 0 Å². The zero-order valence-corrected chi connectivity index (χ0v) is 14.3. The molecule has 0 aliphatic heterocycles. The van der Waals surface area contributed by atoms with Crippen molar-refractivity contribution in [2.75, 3.05) is 6.54 Å². The normalized spacial score (nSPS) is 11.4. The number of aryl methyl sites for hydroxylation is 1. The lowest BCUT2D eigenvalue weighted by atomic mass is 10.1. The third-order valence-electron chi connectivity index (χ3n) is 3.16. The summed E-state index contributed by atoms with van der Waals surface area (Å²) in [4.78, 5) is 20.3. The molecule has 124 valence electrons. The van der Waals surface area contributed by atoms with Gasteiger partial charge in [-0.2, -0.15) is 4.98 Å². The van der Waals surface area contributed by atoms with E-state index in [9.17, 15) is 4.79 Å². The van der Waals surface area contributed by atoms with E-state index in [1.54, 1.807) is 10.7 Å². The molecule has 2 rings (SSSR count). The van der Waals surface area contributed by atoms with Crippen molar-refractivity contribution < 1.29 is 4.79 Å². The van der Waals surface area contributed by atoms with Crippen LogP contribution in [0.15, 0.2) is 12.3 Å². The number of nitrogens with one attached hydrogen (secondary N) is 1. The summed E-state index contributed by atoms with van der Waals surface area (Å²) in [7, 11) is 0. The monoisotopic (exact) mass is 348 g/mol. The molecule has 0 fully saturated rings. The van der Waals surface area contributed by atoms with E-state index in [4.69, 9.17) is 5.73 Å². The Morgan fingerprint density at radius 3 is 2.77 bits per heavy atom. The van der Waals surface area contributed by atoms with Gasteiger partial charge >= 0.3 is 0 Å². The van der Waals surface area contributed by atoms with Gasteiger partial charge in [-0.05, 0) is 19.4 Å². The van der Waals surface area contributed by atoms with Crippen molar-refractivity contribution in [2.24, 2.45) is 5.73 Å². The summed E-state index contributed by atoms with van der Waals surface area (Å²) >= 11 is 0. The lowest BCUT2D eigenvalue weighted by Crippen LogP contribution is -2.40. The van der Waals surface area contributed by atoms with Gasteiger partial charge in [-0.15, -0.1) is 29.9 Å². The molecule has 0 aliphatic carbocycles. The summed E-state index contributed by atoms with van der Waals surface area (Å²) in [5.74, 6) is 0.246. The van der Waals surface area contributed by atoms with E-state index in [0.29, 0.717) is 12.3 Å². The maximum absolute atomic E-state index is 12.1. The first kappa shape index (κ1) is 20.6. The maximum Gasteiger partial charge on any atom is 0.291 e. The number of nitrogens with zero attached hydrogens (tertiary/aromatic N) is 4. The molecule has 9 heteroatoms. The van der Waals surface area contributed by atoms with Gasteiger partial charge in [-0.3, -0.25) is 4.79 Å². The number of amides is 1. The van der Waals surface area contributed by atoms with Gasteiger partial charge in [-0.1, -0.05) is 19.8 Å². The molecular weight excluding hydrogens is 327 g/mol. The first-order valence-corrected chi connectivity index (χ1v) is 6.85. The van der Waals surface area contributed by atoms with Crippen LogP contribution in [0.2, 0.25) is 0 Å². The molecule has 0 radical (unpaired) electrons. The number of hydrogen-bond donors (Lipinski definition) is 2. The highest BCUT2D eigenvalue weighted by Crippen LogP contribution is 2.04. The maximum atomic E-state index is 12.1. The molecule has 2 heterocycles. The predicted molar refractivity (Wildman–Crippen MR) is 89.8 cm³/mol. The number of carbonyl (C=O) groups is 1. The van der Waals surface area contributed by atoms with Crippen molar-refractivity contribution in [1.82, 2.24) is 24.9 Å². The smallest absolute Gasteiger partial charge is 0.291 e. The molecule has 3 N–H and O–H groups in total. The van der Waals surface area contributed by atoms with Gasteiger partial charge in [0, 0.05) is 24.5 Å². The molecule has 1 unspecified atom stereocenters. The minimum absolute atomic E-state index is 0. The van der Waals surface area contributed by atoms with Crippen LogP contribution in [0.1, 0.15) is 42.5 Å². The number of unbranched alkanes of at least 4 members (excludes halogenated alkanes) is 1. The third kappa shape index (κ3) is 4.79. The highest BCUT2D eigenvalue weighted by atomic mass is 35.5. The van der Waals surface area contributed by atoms with Crippen LogP contribution in [-0.2, 0) is 0 Å². The first-order chi connectivity index (χ1) is 9.65. The highest BCUT2D eigenvalue weighted by molar-refractivity contribution is 5.91. The Balaban J connectivity index is 0.00000220. The molecule has 0 spiro atoms. The van der Waals surface area contributed by atoms with Gasteiger partial charge in [0.1, 0.15) is 0 Å². The van der Waals surface area contributed by atoms with Crippen molar-refractivity contribution >= 4 is 36.5 Å². The second kappa shape index (κ2) is 9.55. The van der Waals surface area contributed by atoms with Crippen molar-refractivity contribution in [2.45, 2.75) is 39.2 Å². The van der Waals surface area contributed by atoms with E-state index in [-0.39, 0.29) is 42.6 Å². The zero-order valence-electron chi connectivity index (χ0n) is 12.7. The summed E-state index contributed by atoms with van der Waals surface area (Å²) in [5, 5.41) is 7.04. The van der Waals surface area contributed by atoms with Gasteiger partial charge < -0.3 is 11.1 Å². The van der Waals surface area contributed by atoms with Crippen LogP contribution < -0.4 is 11.1 Å². The summed E-state index contributed by atoms with van der Waals surface area (Å²) in [5.41, 5.74) is 6.54. The van der Waals surface area contributed by atoms with Crippen LogP contribution in [0.5, 0.6) is 0 Å². The Labute approximate surface area is 141 Å². The predicted octanol–water partition coefficient (Wildman–Crippen LogP) is 1.52. The average molecular weight is 349 g/mol. The number of nitrogens with two attached hydrogens (primary N) is 1.